The maximum absolute atomic E-state index is 11.6. The highest BCUT2D eigenvalue weighted by atomic mass is 32.2. The minimum atomic E-state index is -2.95. The van der Waals surface area contributed by atoms with Crippen molar-refractivity contribution in [3.8, 4) is 0 Å². The first-order valence-electron chi connectivity index (χ1n) is 5.79. The van der Waals surface area contributed by atoms with Crippen molar-refractivity contribution >= 4 is 9.84 Å². The van der Waals surface area contributed by atoms with E-state index in [1.807, 2.05) is 0 Å². The van der Waals surface area contributed by atoms with Crippen LogP contribution < -0.4 is 5.73 Å². The fourth-order valence-electron chi connectivity index (χ4n) is 2.33. The highest BCUT2D eigenvalue weighted by molar-refractivity contribution is 7.91. The topological polar surface area (TPSA) is 90.9 Å². The van der Waals surface area contributed by atoms with Gasteiger partial charge in [-0.25, -0.2) is 18.1 Å². The zero-order chi connectivity index (χ0) is 12.5. The molecule has 2 atom stereocenters. The van der Waals surface area contributed by atoms with Crippen LogP contribution in [0.1, 0.15) is 37.5 Å². The van der Waals surface area contributed by atoms with Crippen molar-refractivity contribution in [1.29, 1.82) is 0 Å². The first-order valence-corrected chi connectivity index (χ1v) is 7.75. The minimum Gasteiger partial charge on any atom is -0.324 e. The van der Waals surface area contributed by atoms with Gasteiger partial charge in [-0.2, -0.15) is 5.10 Å². The van der Waals surface area contributed by atoms with E-state index in [-0.39, 0.29) is 11.3 Å². The van der Waals surface area contributed by atoms with Gasteiger partial charge in [0.25, 0.3) is 0 Å². The van der Waals surface area contributed by atoms with E-state index in [0.717, 1.165) is 19.3 Å². The van der Waals surface area contributed by atoms with E-state index >= 15 is 0 Å². The monoisotopic (exact) mass is 258 g/mol. The second kappa shape index (κ2) is 4.73. The molecule has 0 aliphatic heterocycles. The van der Waals surface area contributed by atoms with Crippen LogP contribution in [-0.4, -0.2) is 34.7 Å². The Hall–Kier alpha value is -0.950. The van der Waals surface area contributed by atoms with Gasteiger partial charge in [0.2, 0.25) is 0 Å². The zero-order valence-electron chi connectivity index (χ0n) is 9.91. The van der Waals surface area contributed by atoms with Gasteiger partial charge in [-0.05, 0) is 19.3 Å². The summed E-state index contributed by atoms with van der Waals surface area (Å²) in [5, 5.41) is 4.01. The molecule has 0 bridgehead atoms. The average molecular weight is 258 g/mol. The number of sulfone groups is 1. The molecule has 17 heavy (non-hydrogen) atoms. The molecule has 7 heteroatoms. The standard InChI is InChI=1S/C10H18N4O2S/c1-17(15,16)9-4-2-3-8(5-9)14-7-12-10(6-11)13-14/h7-9H,2-6,11H2,1H3. The van der Waals surface area contributed by atoms with Gasteiger partial charge in [-0.1, -0.05) is 6.42 Å². The Bertz CT molecular complexity index is 482. The maximum atomic E-state index is 11.6. The first-order chi connectivity index (χ1) is 8.00. The number of aromatic nitrogens is 3. The second-order valence-corrected chi connectivity index (χ2v) is 6.94. The summed E-state index contributed by atoms with van der Waals surface area (Å²) in [7, 11) is -2.95. The van der Waals surface area contributed by atoms with Crippen LogP contribution in [0.5, 0.6) is 0 Å². The van der Waals surface area contributed by atoms with Crippen molar-refractivity contribution in [2.45, 2.75) is 43.5 Å². The third kappa shape index (κ3) is 2.84. The minimum absolute atomic E-state index is 0.135. The largest absolute Gasteiger partial charge is 0.324 e. The molecule has 0 aromatic carbocycles. The van der Waals surface area contributed by atoms with Gasteiger partial charge in [-0.3, -0.25) is 0 Å². The molecule has 0 amide bonds. The number of nitrogens with two attached hydrogens (primary N) is 1. The van der Waals surface area contributed by atoms with Gasteiger partial charge in [0, 0.05) is 6.26 Å². The predicted molar refractivity (Wildman–Crippen MR) is 64.1 cm³/mol. The molecule has 1 aliphatic rings. The van der Waals surface area contributed by atoms with E-state index < -0.39 is 9.84 Å². The Morgan fingerprint density at radius 1 is 1.53 bits per heavy atom. The number of hydrogen-bond donors (Lipinski definition) is 1. The molecule has 96 valence electrons. The molecule has 0 radical (unpaired) electrons. The fraction of sp³-hybridized carbons (Fsp3) is 0.800. The third-order valence-electron chi connectivity index (χ3n) is 3.32. The van der Waals surface area contributed by atoms with Gasteiger partial charge in [0.05, 0.1) is 17.8 Å². The molecule has 1 fully saturated rings. The van der Waals surface area contributed by atoms with Crippen molar-refractivity contribution in [3.05, 3.63) is 12.2 Å². The molecule has 1 aromatic rings. The van der Waals surface area contributed by atoms with Crippen molar-refractivity contribution in [1.82, 2.24) is 14.8 Å². The first kappa shape index (κ1) is 12.5. The Balaban J connectivity index is 2.12. The molecule has 2 unspecified atom stereocenters. The van der Waals surface area contributed by atoms with Crippen LogP contribution in [0.3, 0.4) is 0 Å². The predicted octanol–water partition coefficient (Wildman–Crippen LogP) is 0.265. The highest BCUT2D eigenvalue weighted by Crippen LogP contribution is 2.31. The van der Waals surface area contributed by atoms with Crippen molar-refractivity contribution < 1.29 is 8.42 Å². The van der Waals surface area contributed by atoms with Crippen molar-refractivity contribution in [3.63, 3.8) is 0 Å². The fourth-order valence-corrected chi connectivity index (χ4v) is 3.50. The number of rotatable bonds is 3. The summed E-state index contributed by atoms with van der Waals surface area (Å²) in [6, 6.07) is 0.135. The quantitative estimate of drug-likeness (QED) is 0.840. The molecular weight excluding hydrogens is 240 g/mol. The Morgan fingerprint density at radius 2 is 2.29 bits per heavy atom. The third-order valence-corrected chi connectivity index (χ3v) is 4.96. The zero-order valence-corrected chi connectivity index (χ0v) is 10.7. The highest BCUT2D eigenvalue weighted by Gasteiger charge is 2.30. The molecule has 2 rings (SSSR count). The van der Waals surface area contributed by atoms with Gasteiger partial charge in [0.15, 0.2) is 5.82 Å². The van der Waals surface area contributed by atoms with Gasteiger partial charge >= 0.3 is 0 Å². The van der Waals surface area contributed by atoms with E-state index in [0.29, 0.717) is 18.8 Å². The summed E-state index contributed by atoms with van der Waals surface area (Å²) in [5.74, 6) is 0.603. The average Bonchev–Trinajstić information content (AvgIpc) is 2.76. The summed E-state index contributed by atoms with van der Waals surface area (Å²) >= 11 is 0. The molecule has 6 nitrogen and oxygen atoms in total. The van der Waals surface area contributed by atoms with Crippen LogP contribution in [-0.2, 0) is 16.4 Å². The number of nitrogens with zero attached hydrogens (tertiary/aromatic N) is 3. The SMILES string of the molecule is CS(=O)(=O)C1CCCC(n2cnc(CN)n2)C1. The van der Waals surface area contributed by atoms with Gasteiger partial charge in [-0.15, -0.1) is 0 Å². The van der Waals surface area contributed by atoms with Crippen LogP contribution in [0.15, 0.2) is 6.33 Å². The summed E-state index contributed by atoms with van der Waals surface area (Å²) < 4.78 is 24.9. The van der Waals surface area contributed by atoms with Crippen LogP contribution in [0.2, 0.25) is 0 Å². The second-order valence-electron chi connectivity index (χ2n) is 4.62. The molecule has 2 N–H and O–H groups in total. The summed E-state index contributed by atoms with van der Waals surface area (Å²) in [6.45, 7) is 0.315. The summed E-state index contributed by atoms with van der Waals surface area (Å²) in [6.07, 6.45) is 6.23. The van der Waals surface area contributed by atoms with Gasteiger partial charge < -0.3 is 5.73 Å². The molecule has 0 spiro atoms. The van der Waals surface area contributed by atoms with Crippen molar-refractivity contribution in [2.75, 3.05) is 6.26 Å². The Morgan fingerprint density at radius 3 is 2.88 bits per heavy atom. The maximum Gasteiger partial charge on any atom is 0.164 e. The summed E-state index contributed by atoms with van der Waals surface area (Å²) in [4.78, 5) is 4.07. The van der Waals surface area contributed by atoms with Crippen LogP contribution >= 0.6 is 0 Å². The Labute approximate surface area is 101 Å². The molecule has 0 saturated heterocycles. The molecular formula is C10H18N4O2S. The normalized spacial score (nSPS) is 26.0. The lowest BCUT2D eigenvalue weighted by Crippen LogP contribution is -2.29. The molecule has 1 heterocycles. The molecule has 1 aliphatic carbocycles. The summed E-state index contributed by atoms with van der Waals surface area (Å²) in [5.41, 5.74) is 5.46. The van der Waals surface area contributed by atoms with Crippen LogP contribution in [0, 0.1) is 0 Å². The lowest BCUT2D eigenvalue weighted by molar-refractivity contribution is 0.328. The van der Waals surface area contributed by atoms with E-state index in [9.17, 15) is 8.42 Å². The Kier molecular flexibility index (Phi) is 3.48. The smallest absolute Gasteiger partial charge is 0.164 e. The van der Waals surface area contributed by atoms with Crippen molar-refractivity contribution in [2.24, 2.45) is 5.73 Å². The van der Waals surface area contributed by atoms with E-state index in [1.54, 1.807) is 11.0 Å². The van der Waals surface area contributed by atoms with Crippen LogP contribution in [0.4, 0.5) is 0 Å². The lowest BCUT2D eigenvalue weighted by atomic mass is 9.95. The van der Waals surface area contributed by atoms with Crippen LogP contribution in [0.25, 0.3) is 0 Å². The van der Waals surface area contributed by atoms with E-state index in [1.165, 1.54) is 6.26 Å². The lowest BCUT2D eigenvalue weighted by Gasteiger charge is -2.27. The van der Waals surface area contributed by atoms with E-state index in [2.05, 4.69) is 10.1 Å². The molecule has 1 aromatic heterocycles. The van der Waals surface area contributed by atoms with Gasteiger partial charge in [0.1, 0.15) is 16.2 Å². The van der Waals surface area contributed by atoms with E-state index in [4.69, 9.17) is 5.73 Å². The molecule has 1 saturated carbocycles. The number of hydrogen-bond acceptors (Lipinski definition) is 5.